The van der Waals surface area contributed by atoms with E-state index < -0.39 is 11.7 Å². The van der Waals surface area contributed by atoms with Crippen LogP contribution in [-0.2, 0) is 0 Å². The zero-order valence-electron chi connectivity index (χ0n) is 15.9. The molecule has 0 aliphatic carbocycles. The number of benzene rings is 2. The van der Waals surface area contributed by atoms with Crippen LogP contribution in [0.25, 0.3) is 22.8 Å². The van der Waals surface area contributed by atoms with Gasteiger partial charge in [-0.15, -0.1) is 0 Å². The molecule has 0 atom stereocenters. The summed E-state index contributed by atoms with van der Waals surface area (Å²) >= 11 is 11.9. The Morgan fingerprint density at radius 3 is 2.65 bits per heavy atom. The molecule has 2 heterocycles. The van der Waals surface area contributed by atoms with Crippen molar-refractivity contribution in [3.05, 3.63) is 76.3 Å². The van der Waals surface area contributed by atoms with E-state index in [1.54, 1.807) is 30.3 Å². The van der Waals surface area contributed by atoms with Crippen LogP contribution in [-0.4, -0.2) is 28.1 Å². The number of halogens is 3. The lowest BCUT2D eigenvalue weighted by Crippen LogP contribution is -2.14. The van der Waals surface area contributed by atoms with Gasteiger partial charge in [-0.3, -0.25) is 4.79 Å². The van der Waals surface area contributed by atoms with E-state index in [1.807, 2.05) is 0 Å². The van der Waals surface area contributed by atoms with Gasteiger partial charge in [0.05, 0.1) is 23.3 Å². The molecule has 2 aromatic carbocycles. The summed E-state index contributed by atoms with van der Waals surface area (Å²) in [5, 5.41) is 6.90. The molecular weight excluding hydrogens is 446 g/mol. The molecule has 10 heteroatoms. The molecule has 4 rings (SSSR count). The van der Waals surface area contributed by atoms with Crippen LogP contribution in [0.2, 0.25) is 10.2 Å². The van der Waals surface area contributed by atoms with E-state index in [1.165, 1.54) is 31.4 Å². The van der Waals surface area contributed by atoms with Crippen LogP contribution in [0, 0.1) is 5.82 Å². The standard InChI is InChI=1S/C21H13Cl2FN4O3/c1-30-16-10-11(25-20(29)18-14(22)8-9-17(23)26-18)6-7-13(16)19-27-21(31-28-19)12-4-2-3-5-15(12)24/h2-10H,1H3,(H,25,29). The molecule has 0 fully saturated rings. The van der Waals surface area contributed by atoms with Gasteiger partial charge < -0.3 is 14.6 Å². The monoisotopic (exact) mass is 458 g/mol. The molecule has 156 valence electrons. The van der Waals surface area contributed by atoms with Crippen LogP contribution < -0.4 is 10.1 Å². The number of methoxy groups -OCH3 is 1. The van der Waals surface area contributed by atoms with Gasteiger partial charge in [-0.25, -0.2) is 9.37 Å². The second-order valence-corrected chi connectivity index (χ2v) is 7.03. The highest BCUT2D eigenvalue weighted by atomic mass is 35.5. The zero-order valence-corrected chi connectivity index (χ0v) is 17.4. The fraction of sp³-hybridized carbons (Fsp3) is 0.0476. The van der Waals surface area contributed by atoms with E-state index in [-0.39, 0.29) is 33.1 Å². The Labute approximate surface area is 185 Å². The fourth-order valence-electron chi connectivity index (χ4n) is 2.80. The van der Waals surface area contributed by atoms with Crippen LogP contribution in [0.5, 0.6) is 5.75 Å². The number of hydrogen-bond acceptors (Lipinski definition) is 6. The molecule has 0 aliphatic rings. The molecule has 31 heavy (non-hydrogen) atoms. The molecule has 4 aromatic rings. The van der Waals surface area contributed by atoms with Crippen LogP contribution in [0.15, 0.2) is 59.1 Å². The summed E-state index contributed by atoms with van der Waals surface area (Å²) in [4.78, 5) is 20.7. The number of hydrogen-bond donors (Lipinski definition) is 1. The third-order valence-electron chi connectivity index (χ3n) is 4.26. The minimum atomic E-state index is -0.538. The predicted molar refractivity (Wildman–Crippen MR) is 114 cm³/mol. The first-order chi connectivity index (χ1) is 15.0. The number of carbonyl (C=O) groups is 1. The topological polar surface area (TPSA) is 90.1 Å². The Balaban J connectivity index is 1.61. The number of carbonyl (C=O) groups excluding carboxylic acids is 1. The normalized spacial score (nSPS) is 10.7. The number of ether oxygens (including phenoxy) is 1. The van der Waals surface area contributed by atoms with E-state index >= 15 is 0 Å². The van der Waals surface area contributed by atoms with E-state index in [0.717, 1.165) is 0 Å². The summed E-state index contributed by atoms with van der Waals surface area (Å²) in [6.45, 7) is 0. The minimum absolute atomic E-state index is 0.00934. The highest BCUT2D eigenvalue weighted by molar-refractivity contribution is 6.35. The predicted octanol–water partition coefficient (Wildman–Crippen LogP) is 5.51. The van der Waals surface area contributed by atoms with Crippen LogP contribution >= 0.6 is 23.2 Å². The molecule has 0 aliphatic heterocycles. The second-order valence-electron chi connectivity index (χ2n) is 6.24. The molecule has 0 saturated heterocycles. The average molecular weight is 459 g/mol. The number of amides is 1. The zero-order chi connectivity index (χ0) is 22.0. The SMILES string of the molecule is COc1cc(NC(=O)c2nc(Cl)ccc2Cl)ccc1-c1noc(-c2ccccc2F)n1. The summed E-state index contributed by atoms with van der Waals surface area (Å²) in [7, 11) is 1.46. The molecule has 7 nitrogen and oxygen atoms in total. The third kappa shape index (κ3) is 4.35. The number of anilines is 1. The van der Waals surface area contributed by atoms with Crippen molar-refractivity contribution in [2.24, 2.45) is 0 Å². The lowest BCUT2D eigenvalue weighted by Gasteiger charge is -2.10. The van der Waals surface area contributed by atoms with Crippen molar-refractivity contribution in [3.8, 4) is 28.6 Å². The summed E-state index contributed by atoms with van der Waals surface area (Å²) in [5.41, 5.74) is 1.09. The summed E-state index contributed by atoms with van der Waals surface area (Å²) in [6.07, 6.45) is 0. The van der Waals surface area contributed by atoms with E-state index in [2.05, 4.69) is 20.4 Å². The number of nitrogens with one attached hydrogen (secondary N) is 1. The largest absolute Gasteiger partial charge is 0.496 e. The highest BCUT2D eigenvalue weighted by Crippen LogP contribution is 2.33. The van der Waals surface area contributed by atoms with Crippen LogP contribution in [0.4, 0.5) is 10.1 Å². The van der Waals surface area contributed by atoms with Crippen molar-refractivity contribution < 1.29 is 18.4 Å². The molecule has 2 aromatic heterocycles. The van der Waals surface area contributed by atoms with Crippen LogP contribution in [0.3, 0.4) is 0 Å². The Morgan fingerprint density at radius 2 is 1.87 bits per heavy atom. The maximum absolute atomic E-state index is 14.0. The Hall–Kier alpha value is -3.49. The lowest BCUT2D eigenvalue weighted by molar-refractivity contribution is 0.102. The number of aromatic nitrogens is 3. The van der Waals surface area contributed by atoms with Gasteiger partial charge in [0, 0.05) is 11.8 Å². The van der Waals surface area contributed by atoms with Crippen molar-refractivity contribution in [1.29, 1.82) is 0 Å². The van der Waals surface area contributed by atoms with Gasteiger partial charge in [0.2, 0.25) is 5.82 Å². The molecule has 0 radical (unpaired) electrons. The fourth-order valence-corrected chi connectivity index (χ4v) is 3.14. The molecule has 1 N–H and O–H groups in total. The van der Waals surface area contributed by atoms with Crippen molar-refractivity contribution in [1.82, 2.24) is 15.1 Å². The van der Waals surface area contributed by atoms with Gasteiger partial charge >= 0.3 is 0 Å². The average Bonchev–Trinajstić information content (AvgIpc) is 3.25. The second kappa shape index (κ2) is 8.71. The van der Waals surface area contributed by atoms with Crippen molar-refractivity contribution in [3.63, 3.8) is 0 Å². The van der Waals surface area contributed by atoms with Gasteiger partial charge in [-0.1, -0.05) is 40.5 Å². The molecular formula is C21H13Cl2FN4O3. The molecule has 0 unspecified atom stereocenters. The van der Waals surface area contributed by atoms with Gasteiger partial charge in [-0.2, -0.15) is 4.98 Å². The first-order valence-electron chi connectivity index (χ1n) is 8.86. The Bertz CT molecular complexity index is 1280. The Kier molecular flexibility index (Phi) is 5.83. The van der Waals surface area contributed by atoms with E-state index in [4.69, 9.17) is 32.5 Å². The van der Waals surface area contributed by atoms with Gasteiger partial charge in [0.25, 0.3) is 11.8 Å². The maximum atomic E-state index is 14.0. The van der Waals surface area contributed by atoms with Gasteiger partial charge in [0.1, 0.15) is 22.4 Å². The Morgan fingerprint density at radius 1 is 1.06 bits per heavy atom. The minimum Gasteiger partial charge on any atom is -0.496 e. The molecule has 1 amide bonds. The maximum Gasteiger partial charge on any atom is 0.275 e. The first-order valence-corrected chi connectivity index (χ1v) is 9.62. The summed E-state index contributed by atoms with van der Waals surface area (Å²) in [5.74, 6) is -0.412. The number of rotatable bonds is 5. The van der Waals surface area contributed by atoms with Gasteiger partial charge in [-0.05, 0) is 36.4 Å². The van der Waals surface area contributed by atoms with Gasteiger partial charge in [0.15, 0.2) is 0 Å². The van der Waals surface area contributed by atoms with Crippen molar-refractivity contribution in [2.75, 3.05) is 12.4 Å². The van der Waals surface area contributed by atoms with Crippen LogP contribution in [0.1, 0.15) is 10.5 Å². The molecule has 0 saturated carbocycles. The van der Waals surface area contributed by atoms with Crippen molar-refractivity contribution >= 4 is 34.8 Å². The number of pyridine rings is 1. The summed E-state index contributed by atoms with van der Waals surface area (Å²) in [6, 6.07) is 13.9. The van der Waals surface area contributed by atoms with Crippen molar-refractivity contribution in [2.45, 2.75) is 0 Å². The lowest BCUT2D eigenvalue weighted by atomic mass is 10.1. The van der Waals surface area contributed by atoms with E-state index in [0.29, 0.717) is 17.0 Å². The number of nitrogens with zero attached hydrogens (tertiary/aromatic N) is 3. The quantitative estimate of drug-likeness (QED) is 0.396. The third-order valence-corrected chi connectivity index (χ3v) is 4.77. The van der Waals surface area contributed by atoms with E-state index in [9.17, 15) is 9.18 Å². The smallest absolute Gasteiger partial charge is 0.275 e. The summed E-state index contributed by atoms with van der Waals surface area (Å²) < 4.78 is 24.6. The molecule has 0 spiro atoms. The highest BCUT2D eigenvalue weighted by Gasteiger charge is 2.18. The molecule has 0 bridgehead atoms. The first kappa shape index (κ1) is 20.8.